The van der Waals surface area contributed by atoms with E-state index in [1.165, 1.54) is 4.68 Å². The van der Waals surface area contributed by atoms with Crippen molar-refractivity contribution in [2.75, 3.05) is 0 Å². The Hall–Kier alpha value is -2.21. The van der Waals surface area contributed by atoms with E-state index < -0.39 is 12.1 Å². The molecule has 6 heteroatoms. The number of aliphatic hydroxyl groups excluding tert-OH is 1. The zero-order chi connectivity index (χ0) is 14.0. The number of carboxylic acid groups (broad SMARTS) is 1. The first-order valence-electron chi connectivity index (χ1n) is 5.94. The van der Waals surface area contributed by atoms with Crippen LogP contribution in [0.2, 0.25) is 0 Å². The third-order valence-corrected chi connectivity index (χ3v) is 3.03. The van der Waals surface area contributed by atoms with Crippen LogP contribution in [0.15, 0.2) is 30.3 Å². The van der Waals surface area contributed by atoms with Crippen LogP contribution < -0.4 is 0 Å². The maximum Gasteiger partial charge on any atom is 0.358 e. The van der Waals surface area contributed by atoms with Crippen molar-refractivity contribution < 1.29 is 15.0 Å². The van der Waals surface area contributed by atoms with Crippen molar-refractivity contribution in [3.63, 3.8) is 0 Å². The van der Waals surface area contributed by atoms with Crippen molar-refractivity contribution in [3.8, 4) is 11.3 Å². The summed E-state index contributed by atoms with van der Waals surface area (Å²) in [6.45, 7) is 3.39. The molecule has 2 aromatic rings. The predicted octanol–water partition coefficient (Wildman–Crippen LogP) is 1.59. The summed E-state index contributed by atoms with van der Waals surface area (Å²) in [7, 11) is 0. The summed E-state index contributed by atoms with van der Waals surface area (Å²) >= 11 is 0. The molecule has 1 aromatic carbocycles. The molecule has 19 heavy (non-hydrogen) atoms. The van der Waals surface area contributed by atoms with Gasteiger partial charge < -0.3 is 10.2 Å². The molecule has 0 saturated heterocycles. The summed E-state index contributed by atoms with van der Waals surface area (Å²) < 4.78 is 1.45. The second kappa shape index (κ2) is 5.19. The Morgan fingerprint density at radius 3 is 2.42 bits per heavy atom. The zero-order valence-corrected chi connectivity index (χ0v) is 10.7. The van der Waals surface area contributed by atoms with Gasteiger partial charge in [0.25, 0.3) is 0 Å². The van der Waals surface area contributed by atoms with E-state index in [4.69, 9.17) is 0 Å². The van der Waals surface area contributed by atoms with Crippen LogP contribution in [0.25, 0.3) is 11.3 Å². The van der Waals surface area contributed by atoms with Crippen LogP contribution in [-0.2, 0) is 0 Å². The van der Waals surface area contributed by atoms with Crippen LogP contribution >= 0.6 is 0 Å². The van der Waals surface area contributed by atoms with Gasteiger partial charge in [0.1, 0.15) is 5.69 Å². The Morgan fingerprint density at radius 2 is 1.89 bits per heavy atom. The number of aromatic carboxylic acids is 1. The minimum Gasteiger partial charge on any atom is -0.476 e. The van der Waals surface area contributed by atoms with Gasteiger partial charge in [0.05, 0.1) is 12.1 Å². The topological polar surface area (TPSA) is 88.2 Å². The molecule has 2 unspecified atom stereocenters. The van der Waals surface area contributed by atoms with E-state index in [9.17, 15) is 15.0 Å². The summed E-state index contributed by atoms with van der Waals surface area (Å²) in [6.07, 6.45) is -0.661. The van der Waals surface area contributed by atoms with Gasteiger partial charge in [-0.15, -0.1) is 5.10 Å². The Kier molecular flexibility index (Phi) is 3.62. The molecule has 6 nitrogen and oxygen atoms in total. The van der Waals surface area contributed by atoms with Gasteiger partial charge in [-0.05, 0) is 13.8 Å². The SMILES string of the molecule is CC(O)C(C)n1nnc(C(=O)O)c1-c1ccccc1. The average molecular weight is 261 g/mol. The fourth-order valence-corrected chi connectivity index (χ4v) is 1.79. The van der Waals surface area contributed by atoms with E-state index in [-0.39, 0.29) is 11.7 Å². The van der Waals surface area contributed by atoms with E-state index in [2.05, 4.69) is 10.3 Å². The van der Waals surface area contributed by atoms with Crippen molar-refractivity contribution in [2.45, 2.75) is 26.0 Å². The Labute approximate surface area is 110 Å². The Morgan fingerprint density at radius 1 is 1.26 bits per heavy atom. The molecule has 0 aliphatic rings. The van der Waals surface area contributed by atoms with Crippen LogP contribution in [0.4, 0.5) is 0 Å². The minimum absolute atomic E-state index is 0.112. The highest BCUT2D eigenvalue weighted by atomic mass is 16.4. The number of aliphatic hydroxyl groups is 1. The molecule has 2 N–H and O–H groups in total. The summed E-state index contributed by atoms with van der Waals surface area (Å²) in [5.41, 5.74) is 0.998. The minimum atomic E-state index is -1.14. The van der Waals surface area contributed by atoms with Crippen molar-refractivity contribution in [1.82, 2.24) is 15.0 Å². The lowest BCUT2D eigenvalue weighted by Gasteiger charge is -2.17. The van der Waals surface area contributed by atoms with Crippen molar-refractivity contribution in [2.24, 2.45) is 0 Å². The lowest BCUT2D eigenvalue weighted by Crippen LogP contribution is -2.20. The number of carbonyl (C=O) groups is 1. The molecule has 0 aliphatic heterocycles. The lowest BCUT2D eigenvalue weighted by molar-refractivity contribution is 0.0691. The van der Waals surface area contributed by atoms with Crippen LogP contribution in [0.3, 0.4) is 0 Å². The second-order valence-electron chi connectivity index (χ2n) is 4.38. The van der Waals surface area contributed by atoms with E-state index in [1.807, 2.05) is 18.2 Å². The van der Waals surface area contributed by atoms with E-state index in [1.54, 1.807) is 26.0 Å². The molecule has 0 radical (unpaired) electrons. The van der Waals surface area contributed by atoms with E-state index in [0.29, 0.717) is 11.3 Å². The Bertz CT molecular complexity index is 578. The van der Waals surface area contributed by atoms with Crippen molar-refractivity contribution >= 4 is 5.97 Å². The highest BCUT2D eigenvalue weighted by molar-refractivity contribution is 5.92. The zero-order valence-electron chi connectivity index (χ0n) is 10.7. The molecule has 0 saturated carbocycles. The fourth-order valence-electron chi connectivity index (χ4n) is 1.79. The lowest BCUT2D eigenvalue weighted by atomic mass is 10.1. The van der Waals surface area contributed by atoms with Crippen LogP contribution in [-0.4, -0.2) is 37.3 Å². The van der Waals surface area contributed by atoms with E-state index in [0.717, 1.165) is 0 Å². The number of hydrogen-bond acceptors (Lipinski definition) is 4. The van der Waals surface area contributed by atoms with Gasteiger partial charge in [-0.1, -0.05) is 35.5 Å². The second-order valence-corrected chi connectivity index (χ2v) is 4.38. The molecular formula is C13H15N3O3. The Balaban J connectivity index is 2.61. The number of benzene rings is 1. The average Bonchev–Trinajstić information content (AvgIpc) is 2.83. The molecule has 0 amide bonds. The number of aromatic nitrogens is 3. The van der Waals surface area contributed by atoms with Gasteiger partial charge in [0, 0.05) is 5.56 Å². The number of carboxylic acids is 1. The third-order valence-electron chi connectivity index (χ3n) is 3.03. The van der Waals surface area contributed by atoms with Gasteiger partial charge in [0.15, 0.2) is 5.69 Å². The third kappa shape index (κ3) is 2.48. The van der Waals surface area contributed by atoms with Crippen LogP contribution in [0, 0.1) is 0 Å². The molecule has 1 aromatic heterocycles. The smallest absolute Gasteiger partial charge is 0.358 e. The number of rotatable bonds is 4. The molecule has 0 aliphatic carbocycles. The van der Waals surface area contributed by atoms with Gasteiger partial charge in [-0.25, -0.2) is 9.48 Å². The molecule has 1 heterocycles. The summed E-state index contributed by atoms with van der Waals surface area (Å²) in [4.78, 5) is 11.2. The van der Waals surface area contributed by atoms with E-state index >= 15 is 0 Å². The van der Waals surface area contributed by atoms with Crippen LogP contribution in [0.1, 0.15) is 30.4 Å². The van der Waals surface area contributed by atoms with Gasteiger partial charge in [-0.2, -0.15) is 0 Å². The molecule has 0 bridgehead atoms. The molecular weight excluding hydrogens is 246 g/mol. The normalized spacial score (nSPS) is 14.1. The monoisotopic (exact) mass is 261 g/mol. The standard InChI is InChI=1S/C13H15N3O3/c1-8(9(2)17)16-12(10-6-4-3-5-7-10)11(13(18)19)14-15-16/h3-9,17H,1-2H3,(H,18,19). The van der Waals surface area contributed by atoms with Gasteiger partial charge >= 0.3 is 5.97 Å². The number of nitrogens with zero attached hydrogens (tertiary/aromatic N) is 3. The maximum atomic E-state index is 11.2. The quantitative estimate of drug-likeness (QED) is 0.872. The first-order valence-corrected chi connectivity index (χ1v) is 5.94. The summed E-state index contributed by atoms with van der Waals surface area (Å²) in [6, 6.07) is 8.68. The maximum absolute atomic E-state index is 11.2. The predicted molar refractivity (Wildman–Crippen MR) is 68.8 cm³/mol. The molecule has 0 fully saturated rings. The number of hydrogen-bond donors (Lipinski definition) is 2. The molecule has 2 rings (SSSR count). The van der Waals surface area contributed by atoms with Gasteiger partial charge in [0.2, 0.25) is 0 Å². The fraction of sp³-hybridized carbons (Fsp3) is 0.308. The molecule has 100 valence electrons. The molecule has 2 atom stereocenters. The van der Waals surface area contributed by atoms with Crippen molar-refractivity contribution in [3.05, 3.63) is 36.0 Å². The largest absolute Gasteiger partial charge is 0.476 e. The summed E-state index contributed by atoms with van der Waals surface area (Å²) in [5.74, 6) is -1.14. The molecule has 0 spiro atoms. The van der Waals surface area contributed by atoms with Crippen molar-refractivity contribution in [1.29, 1.82) is 0 Å². The van der Waals surface area contributed by atoms with Crippen LogP contribution in [0.5, 0.6) is 0 Å². The highest BCUT2D eigenvalue weighted by Gasteiger charge is 2.24. The summed E-state index contributed by atoms with van der Waals surface area (Å²) in [5, 5.41) is 26.4. The first kappa shape index (κ1) is 13.2. The highest BCUT2D eigenvalue weighted by Crippen LogP contribution is 2.26. The first-order chi connectivity index (χ1) is 9.02. The van der Waals surface area contributed by atoms with Gasteiger partial charge in [-0.3, -0.25) is 0 Å².